The van der Waals surface area contributed by atoms with Crippen LogP contribution in [0.1, 0.15) is 58.9 Å². The van der Waals surface area contributed by atoms with Crippen LogP contribution in [-0.4, -0.2) is 22.6 Å². The minimum absolute atomic E-state index is 0.0163. The van der Waals surface area contributed by atoms with Crippen molar-refractivity contribution in [1.29, 1.82) is 0 Å². The second kappa shape index (κ2) is 7.97. The highest BCUT2D eigenvalue weighted by atomic mass is 31.2. The van der Waals surface area contributed by atoms with Gasteiger partial charge < -0.3 is 0 Å². The lowest BCUT2D eigenvalue weighted by molar-refractivity contribution is 0.777. The molecule has 0 unspecified atom stereocenters. The molecule has 2 aliphatic rings. The largest absolute Gasteiger partial charge is 0.102 e. The summed E-state index contributed by atoms with van der Waals surface area (Å²) < 4.78 is 0. The fourth-order valence-electron chi connectivity index (χ4n) is 5.84. The van der Waals surface area contributed by atoms with Crippen LogP contribution in [0.5, 0.6) is 0 Å². The van der Waals surface area contributed by atoms with Gasteiger partial charge in [-0.05, 0) is 62.5 Å². The smallest absolute Gasteiger partial charge is 0.0652 e. The molecule has 4 atom stereocenters. The molecule has 0 saturated carbocycles. The Balaban J connectivity index is 1.85. The topological polar surface area (TPSA) is 0 Å². The number of benzene rings is 2. The van der Waals surface area contributed by atoms with Gasteiger partial charge in [0.2, 0.25) is 0 Å². The van der Waals surface area contributed by atoms with Crippen molar-refractivity contribution in [2.45, 2.75) is 82.2 Å². The van der Waals surface area contributed by atoms with Crippen LogP contribution >= 0.6 is 15.2 Å². The third kappa shape index (κ3) is 3.43. The summed E-state index contributed by atoms with van der Waals surface area (Å²) in [5.74, 6) is 0. The normalized spacial score (nSPS) is 30.7. The summed E-state index contributed by atoms with van der Waals surface area (Å²) in [5.41, 5.74) is 5.05. The fraction of sp³-hybridized carbons (Fsp3) is 0.520. The molecular weight excluding hydrogens is 362 g/mol. The highest BCUT2D eigenvalue weighted by Crippen LogP contribution is 2.74. The van der Waals surface area contributed by atoms with Crippen molar-refractivity contribution in [3.8, 4) is 0 Å². The Morgan fingerprint density at radius 3 is 1.93 bits per heavy atom. The van der Waals surface area contributed by atoms with E-state index in [1.807, 2.05) is 5.30 Å². The van der Waals surface area contributed by atoms with Crippen LogP contribution in [0.25, 0.3) is 0 Å². The Kier molecular flexibility index (Phi) is 5.79. The first-order chi connectivity index (χ1) is 13.0. The van der Waals surface area contributed by atoms with Gasteiger partial charge in [0.15, 0.2) is 0 Å². The van der Waals surface area contributed by atoms with E-state index in [0.717, 1.165) is 22.6 Å². The van der Waals surface area contributed by atoms with Crippen LogP contribution in [0.3, 0.4) is 0 Å². The van der Waals surface area contributed by atoms with Crippen molar-refractivity contribution in [3.05, 3.63) is 60.2 Å². The first kappa shape index (κ1) is 19.6. The van der Waals surface area contributed by atoms with Crippen LogP contribution in [0, 0.1) is 0 Å². The van der Waals surface area contributed by atoms with Crippen LogP contribution in [0.2, 0.25) is 0 Å². The Morgan fingerprint density at radius 2 is 1.30 bits per heavy atom. The summed E-state index contributed by atoms with van der Waals surface area (Å²) in [6.07, 6.45) is 6.99. The molecule has 2 heterocycles. The Bertz CT molecular complexity index is 749. The van der Waals surface area contributed by atoms with Gasteiger partial charge in [-0.15, -0.1) is 0 Å². The summed E-state index contributed by atoms with van der Waals surface area (Å²) in [6, 6.07) is 21.1. The standard InChI is InChI=1S/C25H35P2/c1-19-14-15-20(2)26(19)24-12-8-9-13-25(24)27(21(3)16-17-22(27)4)18-23-10-6-5-7-11-23/h5-13,19-22H,14-18H2,1-4H3/q+1/t19-,20-,21-,22-/m1/s1. The average Bonchev–Trinajstić information content (AvgIpc) is 3.16. The summed E-state index contributed by atoms with van der Waals surface area (Å²) in [5, 5.41) is 3.60. The Hall–Kier alpha value is -0.700. The molecule has 0 spiro atoms. The summed E-state index contributed by atoms with van der Waals surface area (Å²) in [6.45, 7) is 10.2. The highest BCUT2D eigenvalue weighted by molar-refractivity contribution is 7.85. The van der Waals surface area contributed by atoms with Gasteiger partial charge in [0, 0.05) is 5.30 Å². The molecule has 4 rings (SSSR count). The number of hydrogen-bond donors (Lipinski definition) is 0. The molecule has 144 valence electrons. The van der Waals surface area contributed by atoms with Crippen molar-refractivity contribution < 1.29 is 0 Å². The van der Waals surface area contributed by atoms with E-state index in [1.165, 1.54) is 31.8 Å². The maximum atomic E-state index is 2.58. The minimum atomic E-state index is -1.23. The van der Waals surface area contributed by atoms with Crippen molar-refractivity contribution in [3.63, 3.8) is 0 Å². The zero-order valence-electron chi connectivity index (χ0n) is 17.4. The molecule has 0 aromatic heterocycles. The lowest BCUT2D eigenvalue weighted by atomic mass is 10.2. The molecule has 0 nitrogen and oxygen atoms in total. The zero-order valence-corrected chi connectivity index (χ0v) is 19.2. The molecule has 2 aromatic carbocycles. The number of hydrogen-bond acceptors (Lipinski definition) is 0. The third-order valence-electron chi connectivity index (χ3n) is 7.42. The van der Waals surface area contributed by atoms with Crippen LogP contribution in [0.15, 0.2) is 54.6 Å². The molecule has 0 aliphatic carbocycles. The van der Waals surface area contributed by atoms with Crippen LogP contribution < -0.4 is 10.6 Å². The Morgan fingerprint density at radius 1 is 0.741 bits per heavy atom. The molecule has 27 heavy (non-hydrogen) atoms. The molecule has 2 saturated heterocycles. The van der Waals surface area contributed by atoms with Crippen LogP contribution in [-0.2, 0) is 6.16 Å². The molecule has 2 heteroatoms. The minimum Gasteiger partial charge on any atom is -0.0652 e. The fourth-order valence-corrected chi connectivity index (χ4v) is 15.5. The maximum Gasteiger partial charge on any atom is 0.102 e. The van der Waals surface area contributed by atoms with Gasteiger partial charge in [-0.25, -0.2) is 0 Å². The predicted molar refractivity (Wildman–Crippen MR) is 126 cm³/mol. The molecular formula is C25H35P2+. The van der Waals surface area contributed by atoms with Gasteiger partial charge in [-0.3, -0.25) is 0 Å². The molecule has 2 fully saturated rings. The monoisotopic (exact) mass is 397 g/mol. The lowest BCUT2D eigenvalue weighted by Gasteiger charge is -2.35. The van der Waals surface area contributed by atoms with E-state index in [9.17, 15) is 0 Å². The van der Waals surface area contributed by atoms with Gasteiger partial charge in [0.25, 0.3) is 0 Å². The predicted octanol–water partition coefficient (Wildman–Crippen LogP) is 6.78. The third-order valence-corrected chi connectivity index (χ3v) is 16.8. The molecule has 0 N–H and O–H groups in total. The van der Waals surface area contributed by atoms with Crippen molar-refractivity contribution in [1.82, 2.24) is 0 Å². The van der Waals surface area contributed by atoms with Gasteiger partial charge in [-0.1, -0.05) is 70.3 Å². The molecule has 2 aromatic rings. The van der Waals surface area contributed by atoms with Gasteiger partial charge in [0.1, 0.15) is 5.30 Å². The summed E-state index contributed by atoms with van der Waals surface area (Å²) >= 11 is 0. The first-order valence-electron chi connectivity index (χ1n) is 10.8. The van der Waals surface area contributed by atoms with Gasteiger partial charge >= 0.3 is 0 Å². The van der Waals surface area contributed by atoms with Crippen molar-refractivity contribution in [2.75, 3.05) is 0 Å². The second-order valence-electron chi connectivity index (χ2n) is 9.02. The van der Waals surface area contributed by atoms with Gasteiger partial charge in [-0.2, -0.15) is 0 Å². The number of rotatable bonds is 4. The van der Waals surface area contributed by atoms with Gasteiger partial charge in [0.05, 0.1) is 24.7 Å². The van der Waals surface area contributed by atoms with Crippen molar-refractivity contribution in [2.24, 2.45) is 0 Å². The van der Waals surface area contributed by atoms with E-state index in [4.69, 9.17) is 0 Å². The zero-order chi connectivity index (χ0) is 19.0. The highest BCUT2D eigenvalue weighted by Gasteiger charge is 2.56. The van der Waals surface area contributed by atoms with E-state index in [0.29, 0.717) is 0 Å². The maximum absolute atomic E-state index is 2.58. The van der Waals surface area contributed by atoms with E-state index >= 15 is 0 Å². The first-order valence-corrected chi connectivity index (χ1v) is 14.4. The van der Waals surface area contributed by atoms with E-state index < -0.39 is 7.26 Å². The quantitative estimate of drug-likeness (QED) is 0.499. The van der Waals surface area contributed by atoms with E-state index in [-0.39, 0.29) is 7.92 Å². The van der Waals surface area contributed by atoms with Crippen LogP contribution in [0.4, 0.5) is 0 Å². The van der Waals surface area contributed by atoms with E-state index in [1.54, 1.807) is 10.9 Å². The molecule has 0 radical (unpaired) electrons. The molecule has 0 bridgehead atoms. The van der Waals surface area contributed by atoms with Crippen molar-refractivity contribution >= 4 is 25.8 Å². The summed E-state index contributed by atoms with van der Waals surface area (Å²) in [4.78, 5) is 0. The Labute approximate surface area is 168 Å². The van der Waals surface area contributed by atoms with E-state index in [2.05, 4.69) is 82.3 Å². The average molecular weight is 398 g/mol. The second-order valence-corrected chi connectivity index (χ2v) is 16.5. The summed E-state index contributed by atoms with van der Waals surface area (Å²) in [7, 11) is -1.25. The molecule has 0 amide bonds. The SMILES string of the molecule is C[C@@H]1CC[C@@H](C)P1c1ccccc1[P+]1(Cc2ccccc2)[C@H](C)CC[C@H]1C. The lowest BCUT2D eigenvalue weighted by Crippen LogP contribution is -2.35. The molecule has 2 aliphatic heterocycles.